The SMILES string of the molecule is CC(C)Sc1ccc(C(=O)c2cccc(N)c2)cc1. The van der Waals surface area contributed by atoms with Gasteiger partial charge in [0.25, 0.3) is 0 Å². The van der Waals surface area contributed by atoms with Gasteiger partial charge in [-0.1, -0.05) is 26.0 Å². The zero-order chi connectivity index (χ0) is 13.8. The van der Waals surface area contributed by atoms with Crippen molar-refractivity contribution in [3.05, 3.63) is 59.7 Å². The van der Waals surface area contributed by atoms with E-state index >= 15 is 0 Å². The Hall–Kier alpha value is -1.74. The van der Waals surface area contributed by atoms with Crippen molar-refractivity contribution in [1.82, 2.24) is 0 Å². The molecule has 2 rings (SSSR count). The quantitative estimate of drug-likeness (QED) is 0.519. The predicted molar refractivity (Wildman–Crippen MR) is 81.7 cm³/mol. The normalized spacial score (nSPS) is 10.7. The number of carbonyl (C=O) groups excluding carboxylic acids is 1. The molecule has 0 aliphatic heterocycles. The highest BCUT2D eigenvalue weighted by Gasteiger charge is 2.09. The van der Waals surface area contributed by atoms with E-state index in [0.717, 1.165) is 0 Å². The van der Waals surface area contributed by atoms with Gasteiger partial charge in [0.2, 0.25) is 0 Å². The molecule has 0 aromatic heterocycles. The molecular formula is C16H17NOS. The van der Waals surface area contributed by atoms with Crippen molar-refractivity contribution >= 4 is 23.2 Å². The van der Waals surface area contributed by atoms with Crippen LogP contribution in [0.1, 0.15) is 29.8 Å². The molecule has 0 fully saturated rings. The lowest BCUT2D eigenvalue weighted by molar-refractivity contribution is 0.103. The molecule has 0 bridgehead atoms. The summed E-state index contributed by atoms with van der Waals surface area (Å²) in [5.41, 5.74) is 7.63. The van der Waals surface area contributed by atoms with Gasteiger partial charge >= 0.3 is 0 Å². The molecule has 0 spiro atoms. The van der Waals surface area contributed by atoms with Gasteiger partial charge in [-0.15, -0.1) is 11.8 Å². The van der Waals surface area contributed by atoms with Crippen LogP contribution in [0.4, 0.5) is 5.69 Å². The van der Waals surface area contributed by atoms with Crippen molar-refractivity contribution in [1.29, 1.82) is 0 Å². The minimum atomic E-state index is 0.00777. The second kappa shape index (κ2) is 5.93. The summed E-state index contributed by atoms with van der Waals surface area (Å²) >= 11 is 1.79. The molecule has 98 valence electrons. The third kappa shape index (κ3) is 3.61. The minimum absolute atomic E-state index is 0.00777. The monoisotopic (exact) mass is 271 g/mol. The lowest BCUT2D eigenvalue weighted by atomic mass is 10.0. The molecule has 0 radical (unpaired) electrons. The molecule has 0 unspecified atom stereocenters. The number of thioether (sulfide) groups is 1. The van der Waals surface area contributed by atoms with Gasteiger partial charge in [0.15, 0.2) is 5.78 Å². The van der Waals surface area contributed by atoms with Crippen LogP contribution in [-0.2, 0) is 0 Å². The number of benzene rings is 2. The van der Waals surface area contributed by atoms with Crippen molar-refractivity contribution in [2.24, 2.45) is 0 Å². The number of nitrogens with two attached hydrogens (primary N) is 1. The zero-order valence-electron chi connectivity index (χ0n) is 11.1. The van der Waals surface area contributed by atoms with Gasteiger partial charge in [0.1, 0.15) is 0 Å². The maximum absolute atomic E-state index is 12.3. The minimum Gasteiger partial charge on any atom is -0.399 e. The molecule has 0 amide bonds. The summed E-state index contributed by atoms with van der Waals surface area (Å²) in [7, 11) is 0. The van der Waals surface area contributed by atoms with Crippen molar-refractivity contribution in [2.45, 2.75) is 24.0 Å². The first kappa shape index (κ1) is 13.7. The van der Waals surface area contributed by atoms with Crippen LogP contribution in [-0.4, -0.2) is 11.0 Å². The Bertz CT molecular complexity index is 576. The molecule has 2 aromatic carbocycles. The van der Waals surface area contributed by atoms with E-state index in [2.05, 4.69) is 13.8 Å². The van der Waals surface area contributed by atoms with E-state index in [1.165, 1.54) is 4.90 Å². The second-order valence-electron chi connectivity index (χ2n) is 4.65. The Balaban J connectivity index is 2.20. The number of nitrogen functional groups attached to an aromatic ring is 1. The van der Waals surface area contributed by atoms with Gasteiger partial charge in [-0.25, -0.2) is 0 Å². The fraction of sp³-hybridized carbons (Fsp3) is 0.188. The number of anilines is 1. The van der Waals surface area contributed by atoms with E-state index in [9.17, 15) is 4.79 Å². The van der Waals surface area contributed by atoms with Crippen LogP contribution < -0.4 is 5.73 Å². The fourth-order valence-electron chi connectivity index (χ4n) is 1.80. The first-order chi connectivity index (χ1) is 9.06. The Labute approximate surface area is 118 Å². The summed E-state index contributed by atoms with van der Waals surface area (Å²) in [5.74, 6) is 0.00777. The lowest BCUT2D eigenvalue weighted by Gasteiger charge is -2.06. The number of hydrogen-bond donors (Lipinski definition) is 1. The van der Waals surface area contributed by atoms with Gasteiger partial charge < -0.3 is 5.73 Å². The van der Waals surface area contributed by atoms with E-state index in [0.29, 0.717) is 22.1 Å². The first-order valence-corrected chi connectivity index (χ1v) is 7.11. The van der Waals surface area contributed by atoms with E-state index < -0.39 is 0 Å². The number of ketones is 1. The molecule has 2 N–H and O–H groups in total. The van der Waals surface area contributed by atoms with Gasteiger partial charge in [0.05, 0.1) is 0 Å². The van der Waals surface area contributed by atoms with E-state index in [-0.39, 0.29) is 5.78 Å². The average molecular weight is 271 g/mol. The largest absolute Gasteiger partial charge is 0.399 e. The zero-order valence-corrected chi connectivity index (χ0v) is 11.9. The molecule has 2 aromatic rings. The van der Waals surface area contributed by atoms with Gasteiger partial charge in [0, 0.05) is 27.0 Å². The molecule has 0 saturated heterocycles. The van der Waals surface area contributed by atoms with Gasteiger partial charge in [-0.05, 0) is 36.4 Å². The highest BCUT2D eigenvalue weighted by Crippen LogP contribution is 2.23. The van der Waals surface area contributed by atoms with Crippen molar-refractivity contribution in [3.8, 4) is 0 Å². The molecule has 0 aliphatic carbocycles. The molecule has 0 atom stereocenters. The predicted octanol–water partition coefficient (Wildman–Crippen LogP) is 4.00. The maximum atomic E-state index is 12.3. The van der Waals surface area contributed by atoms with Crippen molar-refractivity contribution in [2.75, 3.05) is 5.73 Å². The first-order valence-electron chi connectivity index (χ1n) is 6.23. The Morgan fingerprint density at radius 1 is 1.05 bits per heavy atom. The van der Waals surface area contributed by atoms with Crippen LogP contribution in [0.5, 0.6) is 0 Å². The maximum Gasteiger partial charge on any atom is 0.193 e. The van der Waals surface area contributed by atoms with Crippen LogP contribution in [0.2, 0.25) is 0 Å². The Morgan fingerprint density at radius 2 is 1.74 bits per heavy atom. The van der Waals surface area contributed by atoms with Crippen molar-refractivity contribution < 1.29 is 4.79 Å². The third-order valence-electron chi connectivity index (χ3n) is 2.64. The van der Waals surface area contributed by atoms with Crippen molar-refractivity contribution in [3.63, 3.8) is 0 Å². The van der Waals surface area contributed by atoms with E-state index in [1.54, 1.807) is 36.0 Å². The molecule has 0 saturated carbocycles. The van der Waals surface area contributed by atoms with E-state index in [4.69, 9.17) is 5.73 Å². The smallest absolute Gasteiger partial charge is 0.193 e. The number of carbonyl (C=O) groups is 1. The summed E-state index contributed by atoms with van der Waals surface area (Å²) in [5, 5.41) is 0.537. The number of hydrogen-bond acceptors (Lipinski definition) is 3. The third-order valence-corrected chi connectivity index (χ3v) is 3.65. The van der Waals surface area contributed by atoms with Crippen LogP contribution in [0.15, 0.2) is 53.4 Å². The Kier molecular flexibility index (Phi) is 4.27. The van der Waals surface area contributed by atoms with Crippen LogP contribution in [0.3, 0.4) is 0 Å². The van der Waals surface area contributed by atoms with Crippen LogP contribution in [0, 0.1) is 0 Å². The molecular weight excluding hydrogens is 254 g/mol. The highest BCUT2D eigenvalue weighted by molar-refractivity contribution is 7.99. The fourth-order valence-corrected chi connectivity index (χ4v) is 2.64. The summed E-state index contributed by atoms with van der Waals surface area (Å²) in [6.07, 6.45) is 0. The Morgan fingerprint density at radius 3 is 2.32 bits per heavy atom. The second-order valence-corrected chi connectivity index (χ2v) is 6.30. The standard InChI is InChI=1S/C16H17NOS/c1-11(2)19-15-8-6-12(7-9-15)16(18)13-4-3-5-14(17)10-13/h3-11H,17H2,1-2H3. The number of rotatable bonds is 4. The summed E-state index contributed by atoms with van der Waals surface area (Å²) in [4.78, 5) is 13.4. The summed E-state index contributed by atoms with van der Waals surface area (Å²) in [6.45, 7) is 4.30. The molecule has 3 heteroatoms. The molecule has 19 heavy (non-hydrogen) atoms. The molecule has 0 heterocycles. The average Bonchev–Trinajstić information content (AvgIpc) is 2.38. The van der Waals surface area contributed by atoms with Gasteiger partial charge in [-0.3, -0.25) is 4.79 Å². The van der Waals surface area contributed by atoms with E-state index in [1.807, 2.05) is 24.3 Å². The van der Waals surface area contributed by atoms with Crippen LogP contribution >= 0.6 is 11.8 Å². The van der Waals surface area contributed by atoms with Gasteiger partial charge in [-0.2, -0.15) is 0 Å². The molecule has 0 aliphatic rings. The highest BCUT2D eigenvalue weighted by atomic mass is 32.2. The molecule has 2 nitrogen and oxygen atoms in total. The topological polar surface area (TPSA) is 43.1 Å². The summed E-state index contributed by atoms with van der Waals surface area (Å²) < 4.78 is 0. The lowest BCUT2D eigenvalue weighted by Crippen LogP contribution is -2.01. The summed E-state index contributed by atoms with van der Waals surface area (Å²) in [6, 6.07) is 14.8. The van der Waals surface area contributed by atoms with Crippen LogP contribution in [0.25, 0.3) is 0 Å².